The molecule has 0 saturated heterocycles. The number of phenolic OH excluding ortho intramolecular Hbond substituents is 1. The van der Waals surface area contributed by atoms with Crippen molar-refractivity contribution in [2.45, 2.75) is 13.1 Å². The molecular weight excluding hydrogens is 366 g/mol. The van der Waals surface area contributed by atoms with E-state index in [4.69, 9.17) is 4.74 Å². The van der Waals surface area contributed by atoms with Crippen molar-refractivity contribution in [1.82, 2.24) is 4.90 Å². The molecule has 0 aliphatic heterocycles. The lowest BCUT2D eigenvalue weighted by molar-refractivity contribution is 0.0596. The first-order valence-corrected chi connectivity index (χ1v) is 9.50. The fourth-order valence-corrected chi connectivity index (χ4v) is 3.10. The molecular formula is C24H25NO4. The van der Waals surface area contributed by atoms with Gasteiger partial charge in [-0.15, -0.1) is 0 Å². The van der Waals surface area contributed by atoms with Gasteiger partial charge in [-0.05, 0) is 23.3 Å². The quantitative estimate of drug-likeness (QED) is 0.552. The molecule has 0 heterocycles. The van der Waals surface area contributed by atoms with Crippen LogP contribution in [-0.2, 0) is 17.8 Å². The van der Waals surface area contributed by atoms with Gasteiger partial charge in [-0.2, -0.15) is 0 Å². The Morgan fingerprint density at radius 3 is 2.00 bits per heavy atom. The van der Waals surface area contributed by atoms with Gasteiger partial charge < -0.3 is 14.6 Å². The Kier molecular flexibility index (Phi) is 7.25. The molecule has 0 atom stereocenters. The second-order valence-corrected chi connectivity index (χ2v) is 6.67. The number of benzene rings is 3. The number of carbonyl (C=O) groups is 1. The van der Waals surface area contributed by atoms with Crippen LogP contribution in [0.3, 0.4) is 0 Å². The minimum atomic E-state index is -0.595. The maximum atomic E-state index is 11.7. The van der Waals surface area contributed by atoms with Gasteiger partial charge in [0.25, 0.3) is 0 Å². The molecule has 1 N–H and O–H groups in total. The Morgan fingerprint density at radius 2 is 1.45 bits per heavy atom. The van der Waals surface area contributed by atoms with E-state index in [1.54, 1.807) is 12.1 Å². The summed E-state index contributed by atoms with van der Waals surface area (Å²) in [5, 5.41) is 10.3. The van der Waals surface area contributed by atoms with Gasteiger partial charge in [0.15, 0.2) is 11.5 Å². The smallest absolute Gasteiger partial charge is 0.341 e. The molecule has 3 rings (SSSR count). The predicted molar refractivity (Wildman–Crippen MR) is 112 cm³/mol. The molecule has 150 valence electrons. The van der Waals surface area contributed by atoms with Crippen LogP contribution in [-0.4, -0.2) is 36.2 Å². The first-order chi connectivity index (χ1) is 14.2. The van der Waals surface area contributed by atoms with E-state index >= 15 is 0 Å². The van der Waals surface area contributed by atoms with Gasteiger partial charge in [-0.25, -0.2) is 4.79 Å². The standard InChI is InChI=1S/C24H25NO4/c1-28-24(27)21-13-8-14-22(23(21)26)29-16-15-25(17-19-9-4-2-5-10-19)18-20-11-6-3-7-12-20/h2-14,26H,15-18H2,1H3. The number of nitrogens with zero attached hydrogens (tertiary/aromatic N) is 1. The van der Waals surface area contributed by atoms with Crippen molar-refractivity contribution in [2.75, 3.05) is 20.3 Å². The minimum Gasteiger partial charge on any atom is -0.504 e. The minimum absolute atomic E-state index is 0.0930. The van der Waals surface area contributed by atoms with Crippen LogP contribution in [0.5, 0.6) is 11.5 Å². The van der Waals surface area contributed by atoms with Crippen molar-refractivity contribution in [3.05, 3.63) is 95.6 Å². The molecule has 0 spiro atoms. The highest BCUT2D eigenvalue weighted by molar-refractivity contribution is 5.93. The van der Waals surface area contributed by atoms with Crippen molar-refractivity contribution >= 4 is 5.97 Å². The topological polar surface area (TPSA) is 59.0 Å². The second-order valence-electron chi connectivity index (χ2n) is 6.67. The fourth-order valence-electron chi connectivity index (χ4n) is 3.10. The Bertz CT molecular complexity index is 871. The van der Waals surface area contributed by atoms with Crippen LogP contribution in [0.1, 0.15) is 21.5 Å². The highest BCUT2D eigenvalue weighted by Gasteiger charge is 2.16. The number of aromatic hydroxyl groups is 1. The van der Waals surface area contributed by atoms with E-state index in [1.807, 2.05) is 36.4 Å². The Hall–Kier alpha value is -3.31. The van der Waals surface area contributed by atoms with E-state index in [9.17, 15) is 9.90 Å². The van der Waals surface area contributed by atoms with Crippen molar-refractivity contribution < 1.29 is 19.4 Å². The molecule has 5 nitrogen and oxygen atoms in total. The molecule has 0 aromatic heterocycles. The molecule has 0 radical (unpaired) electrons. The third-order valence-corrected chi connectivity index (χ3v) is 4.57. The Labute approximate surface area is 171 Å². The normalized spacial score (nSPS) is 10.7. The van der Waals surface area contributed by atoms with Crippen LogP contribution in [0.4, 0.5) is 0 Å². The Morgan fingerprint density at radius 1 is 0.862 bits per heavy atom. The molecule has 0 aliphatic rings. The van der Waals surface area contributed by atoms with E-state index < -0.39 is 5.97 Å². The summed E-state index contributed by atoms with van der Waals surface area (Å²) in [6.07, 6.45) is 0. The van der Waals surface area contributed by atoms with Gasteiger partial charge in [0, 0.05) is 19.6 Å². The molecule has 0 saturated carbocycles. The van der Waals surface area contributed by atoms with Crippen molar-refractivity contribution in [3.63, 3.8) is 0 Å². The summed E-state index contributed by atoms with van der Waals surface area (Å²) < 4.78 is 10.5. The lowest BCUT2D eigenvalue weighted by Crippen LogP contribution is -2.27. The molecule has 0 bridgehead atoms. The highest BCUT2D eigenvalue weighted by atomic mass is 16.5. The molecule has 29 heavy (non-hydrogen) atoms. The first kappa shape index (κ1) is 20.4. The zero-order valence-electron chi connectivity index (χ0n) is 16.5. The summed E-state index contributed by atoms with van der Waals surface area (Å²) >= 11 is 0. The van der Waals surface area contributed by atoms with E-state index in [2.05, 4.69) is 33.9 Å². The molecule has 5 heteroatoms. The fraction of sp³-hybridized carbons (Fsp3) is 0.208. The SMILES string of the molecule is COC(=O)c1cccc(OCCN(Cc2ccccc2)Cc2ccccc2)c1O. The van der Waals surface area contributed by atoms with E-state index in [0.717, 1.165) is 13.1 Å². The molecule has 0 fully saturated rings. The van der Waals surface area contributed by atoms with Crippen LogP contribution in [0.25, 0.3) is 0 Å². The average Bonchev–Trinajstić information content (AvgIpc) is 2.76. The van der Waals surface area contributed by atoms with E-state index in [-0.39, 0.29) is 17.1 Å². The first-order valence-electron chi connectivity index (χ1n) is 9.50. The number of esters is 1. The summed E-state index contributed by atoms with van der Waals surface area (Å²) in [7, 11) is 1.28. The molecule has 0 unspecified atom stereocenters. The monoisotopic (exact) mass is 391 g/mol. The van der Waals surface area contributed by atoms with Crippen molar-refractivity contribution in [3.8, 4) is 11.5 Å². The predicted octanol–water partition coefficient (Wildman–Crippen LogP) is 4.26. The Balaban J connectivity index is 1.66. The third kappa shape index (κ3) is 5.83. The number of methoxy groups -OCH3 is 1. The van der Waals surface area contributed by atoms with E-state index in [1.165, 1.54) is 24.3 Å². The second kappa shape index (κ2) is 10.3. The van der Waals surface area contributed by atoms with Gasteiger partial charge in [-0.3, -0.25) is 4.90 Å². The number of para-hydroxylation sites is 1. The highest BCUT2D eigenvalue weighted by Crippen LogP contribution is 2.30. The maximum absolute atomic E-state index is 11.7. The lowest BCUT2D eigenvalue weighted by atomic mass is 10.1. The van der Waals surface area contributed by atoms with E-state index in [0.29, 0.717) is 13.2 Å². The molecule has 3 aromatic rings. The van der Waals surface area contributed by atoms with Gasteiger partial charge >= 0.3 is 5.97 Å². The zero-order chi connectivity index (χ0) is 20.5. The molecule has 0 aliphatic carbocycles. The maximum Gasteiger partial charge on any atom is 0.341 e. The van der Waals surface area contributed by atoms with Crippen molar-refractivity contribution in [1.29, 1.82) is 0 Å². The third-order valence-electron chi connectivity index (χ3n) is 4.57. The summed E-state index contributed by atoms with van der Waals surface area (Å²) in [5.74, 6) is -0.521. The number of hydrogen-bond acceptors (Lipinski definition) is 5. The molecule has 3 aromatic carbocycles. The summed E-state index contributed by atoms with van der Waals surface area (Å²) in [6.45, 7) is 2.60. The van der Waals surface area contributed by atoms with Gasteiger partial charge in [0.1, 0.15) is 12.2 Å². The summed E-state index contributed by atoms with van der Waals surface area (Å²) in [4.78, 5) is 14.0. The number of carbonyl (C=O) groups excluding carboxylic acids is 1. The van der Waals surface area contributed by atoms with Gasteiger partial charge in [-0.1, -0.05) is 66.7 Å². The summed E-state index contributed by atoms with van der Waals surface area (Å²) in [6, 6.07) is 25.3. The van der Waals surface area contributed by atoms with Gasteiger partial charge in [0.05, 0.1) is 7.11 Å². The molecule has 0 amide bonds. The zero-order valence-corrected chi connectivity index (χ0v) is 16.5. The summed E-state index contributed by atoms with van der Waals surface area (Å²) in [5.41, 5.74) is 2.54. The van der Waals surface area contributed by atoms with Crippen LogP contribution in [0.15, 0.2) is 78.9 Å². The van der Waals surface area contributed by atoms with Crippen LogP contribution in [0.2, 0.25) is 0 Å². The number of rotatable bonds is 9. The van der Waals surface area contributed by atoms with Crippen molar-refractivity contribution in [2.24, 2.45) is 0 Å². The van der Waals surface area contributed by atoms with Crippen LogP contribution in [0, 0.1) is 0 Å². The lowest BCUT2D eigenvalue weighted by Gasteiger charge is -2.23. The number of ether oxygens (including phenoxy) is 2. The average molecular weight is 391 g/mol. The largest absolute Gasteiger partial charge is 0.504 e. The van der Waals surface area contributed by atoms with Gasteiger partial charge in [0.2, 0.25) is 0 Å². The van der Waals surface area contributed by atoms with Crippen LogP contribution < -0.4 is 4.74 Å². The number of hydrogen-bond donors (Lipinski definition) is 1. The number of phenols is 1. The van der Waals surface area contributed by atoms with Crippen LogP contribution >= 0.6 is 0 Å².